The number of nitrogens with one attached hydrogen (secondary N) is 1. The topological polar surface area (TPSA) is 93.8 Å². The van der Waals surface area contributed by atoms with E-state index < -0.39 is 0 Å². The van der Waals surface area contributed by atoms with E-state index in [1.54, 1.807) is 6.92 Å². The molecule has 0 saturated heterocycles. The molecular formula is C11H12N4O3S. The molecule has 2 atom stereocenters. The highest BCUT2D eigenvalue weighted by molar-refractivity contribution is 7.99. The van der Waals surface area contributed by atoms with Crippen LogP contribution in [-0.4, -0.2) is 19.7 Å². The Morgan fingerprint density at radius 2 is 2.32 bits per heavy atom. The Hall–Kier alpha value is -1.83. The van der Waals surface area contributed by atoms with E-state index in [1.165, 1.54) is 22.7 Å². The van der Waals surface area contributed by atoms with E-state index in [1.807, 2.05) is 6.92 Å². The zero-order valence-corrected chi connectivity index (χ0v) is 11.2. The number of aromatic nitrogens is 4. The van der Waals surface area contributed by atoms with E-state index >= 15 is 0 Å². The monoisotopic (exact) mass is 280 g/mol. The summed E-state index contributed by atoms with van der Waals surface area (Å²) in [4.78, 5) is 26.8. The standard InChI is InChI=1S/C11H12N4O3S/c1-3-15-10(16)6-5(2)7(8-14-12-4-18-8)19-9(6)13-11(15)17/h4-5,7H,3H2,1-2H3,(H,13,17). The molecule has 0 aliphatic carbocycles. The molecule has 0 amide bonds. The van der Waals surface area contributed by atoms with Crippen molar-refractivity contribution in [3.8, 4) is 0 Å². The molecule has 2 aromatic heterocycles. The van der Waals surface area contributed by atoms with E-state index in [2.05, 4.69) is 15.2 Å². The van der Waals surface area contributed by atoms with E-state index in [0.29, 0.717) is 23.0 Å². The van der Waals surface area contributed by atoms with E-state index in [9.17, 15) is 9.59 Å². The number of fused-ring (bicyclic) bond motifs is 1. The molecule has 7 nitrogen and oxygen atoms in total. The second-order valence-electron chi connectivity index (χ2n) is 4.33. The minimum Gasteiger partial charge on any atom is -0.427 e. The molecule has 8 heteroatoms. The predicted molar refractivity (Wildman–Crippen MR) is 68.3 cm³/mol. The number of nitrogens with zero attached hydrogens (tertiary/aromatic N) is 3. The first-order chi connectivity index (χ1) is 9.13. The number of H-pyrrole nitrogens is 1. The Labute approximate surface area is 112 Å². The quantitative estimate of drug-likeness (QED) is 0.821. The Kier molecular flexibility index (Phi) is 2.81. The van der Waals surface area contributed by atoms with Crippen LogP contribution < -0.4 is 11.2 Å². The highest BCUT2D eigenvalue weighted by Gasteiger charge is 2.38. The van der Waals surface area contributed by atoms with Gasteiger partial charge < -0.3 is 9.40 Å². The maximum atomic E-state index is 12.3. The highest BCUT2D eigenvalue weighted by atomic mass is 32.2. The minimum absolute atomic E-state index is 0.0809. The molecule has 0 aromatic carbocycles. The summed E-state index contributed by atoms with van der Waals surface area (Å²) < 4.78 is 6.40. The lowest BCUT2D eigenvalue weighted by atomic mass is 10.0. The van der Waals surface area contributed by atoms with Gasteiger partial charge in [0.15, 0.2) is 0 Å². The van der Waals surface area contributed by atoms with Crippen molar-refractivity contribution >= 4 is 11.8 Å². The Balaban J connectivity index is 2.14. The van der Waals surface area contributed by atoms with E-state index in [-0.39, 0.29) is 22.4 Å². The third-order valence-electron chi connectivity index (χ3n) is 3.28. The zero-order chi connectivity index (χ0) is 13.6. The summed E-state index contributed by atoms with van der Waals surface area (Å²) in [5, 5.41) is 8.02. The molecule has 0 radical (unpaired) electrons. The summed E-state index contributed by atoms with van der Waals surface area (Å²) >= 11 is 1.38. The minimum atomic E-state index is -0.378. The smallest absolute Gasteiger partial charge is 0.329 e. The first-order valence-corrected chi connectivity index (χ1v) is 6.81. The molecule has 19 heavy (non-hydrogen) atoms. The molecule has 1 aliphatic heterocycles. The lowest BCUT2D eigenvalue weighted by Crippen LogP contribution is -2.37. The van der Waals surface area contributed by atoms with Gasteiger partial charge in [0.25, 0.3) is 5.56 Å². The van der Waals surface area contributed by atoms with Gasteiger partial charge in [-0.25, -0.2) is 4.79 Å². The van der Waals surface area contributed by atoms with Crippen LogP contribution in [0.1, 0.15) is 36.5 Å². The summed E-state index contributed by atoms with van der Waals surface area (Å²) in [5.41, 5.74) is 0.00930. The maximum absolute atomic E-state index is 12.3. The summed E-state index contributed by atoms with van der Waals surface area (Å²) in [7, 11) is 0. The average Bonchev–Trinajstić information content (AvgIpc) is 2.97. The van der Waals surface area contributed by atoms with Gasteiger partial charge in [0.2, 0.25) is 12.3 Å². The molecule has 2 aromatic rings. The second kappa shape index (κ2) is 4.37. The van der Waals surface area contributed by atoms with Crippen molar-refractivity contribution in [1.29, 1.82) is 0 Å². The van der Waals surface area contributed by atoms with Crippen LogP contribution in [0.3, 0.4) is 0 Å². The maximum Gasteiger partial charge on any atom is 0.329 e. The van der Waals surface area contributed by atoms with E-state index in [0.717, 1.165) is 0 Å². The van der Waals surface area contributed by atoms with Gasteiger partial charge in [-0.2, -0.15) is 0 Å². The van der Waals surface area contributed by atoms with Crippen molar-refractivity contribution in [3.05, 3.63) is 38.7 Å². The first kappa shape index (κ1) is 12.2. The summed E-state index contributed by atoms with van der Waals surface area (Å²) in [5.74, 6) is 0.389. The van der Waals surface area contributed by atoms with E-state index in [4.69, 9.17) is 4.42 Å². The number of thioether (sulfide) groups is 1. The van der Waals surface area contributed by atoms with Gasteiger partial charge in [0.05, 0.1) is 15.8 Å². The lowest BCUT2D eigenvalue weighted by Gasteiger charge is -2.09. The summed E-state index contributed by atoms with van der Waals surface area (Å²) in [6.07, 6.45) is 1.26. The van der Waals surface area contributed by atoms with Crippen molar-refractivity contribution < 1.29 is 4.42 Å². The first-order valence-electron chi connectivity index (χ1n) is 5.93. The molecule has 1 N–H and O–H groups in total. The predicted octanol–water partition coefficient (Wildman–Crippen LogP) is 0.890. The number of hydrogen-bond acceptors (Lipinski definition) is 6. The van der Waals surface area contributed by atoms with Gasteiger partial charge in [0, 0.05) is 12.5 Å². The van der Waals surface area contributed by atoms with Crippen molar-refractivity contribution in [2.75, 3.05) is 0 Å². The SMILES string of the molecule is CCn1c(=O)[nH]c2c(c1=O)C(C)C(c1nnco1)S2. The van der Waals surface area contributed by atoms with Crippen LogP contribution in [0.15, 0.2) is 25.4 Å². The zero-order valence-electron chi connectivity index (χ0n) is 10.4. The fourth-order valence-corrected chi connectivity index (χ4v) is 3.64. The third-order valence-corrected chi connectivity index (χ3v) is 4.70. The average molecular weight is 280 g/mol. The van der Waals surface area contributed by atoms with Gasteiger partial charge in [-0.3, -0.25) is 9.36 Å². The molecule has 0 bridgehead atoms. The van der Waals surface area contributed by atoms with Crippen molar-refractivity contribution in [2.45, 2.75) is 36.6 Å². The molecule has 3 heterocycles. The van der Waals surface area contributed by atoms with Crippen LogP contribution in [0.5, 0.6) is 0 Å². The fourth-order valence-electron chi connectivity index (χ4n) is 2.30. The largest absolute Gasteiger partial charge is 0.427 e. The molecule has 0 fully saturated rings. The molecule has 3 rings (SSSR count). The normalized spacial score (nSPS) is 21.6. The lowest BCUT2D eigenvalue weighted by molar-refractivity contribution is 0.472. The fraction of sp³-hybridized carbons (Fsp3) is 0.455. The molecule has 0 spiro atoms. The number of aromatic amines is 1. The van der Waals surface area contributed by atoms with Crippen LogP contribution in [0.4, 0.5) is 0 Å². The van der Waals surface area contributed by atoms with Crippen molar-refractivity contribution in [1.82, 2.24) is 19.7 Å². The van der Waals surface area contributed by atoms with Gasteiger partial charge in [-0.15, -0.1) is 10.2 Å². The van der Waals surface area contributed by atoms with Crippen LogP contribution >= 0.6 is 11.8 Å². The van der Waals surface area contributed by atoms with Crippen LogP contribution in [0.25, 0.3) is 0 Å². The second-order valence-corrected chi connectivity index (χ2v) is 5.48. The highest BCUT2D eigenvalue weighted by Crippen LogP contribution is 2.50. The van der Waals surface area contributed by atoms with Gasteiger partial charge >= 0.3 is 5.69 Å². The molecule has 1 aliphatic rings. The number of rotatable bonds is 2. The van der Waals surface area contributed by atoms with Crippen LogP contribution in [0, 0.1) is 0 Å². The van der Waals surface area contributed by atoms with Crippen LogP contribution in [0.2, 0.25) is 0 Å². The molecular weight excluding hydrogens is 268 g/mol. The van der Waals surface area contributed by atoms with Crippen LogP contribution in [-0.2, 0) is 6.54 Å². The van der Waals surface area contributed by atoms with Crippen molar-refractivity contribution in [2.24, 2.45) is 0 Å². The van der Waals surface area contributed by atoms with Gasteiger partial charge in [-0.05, 0) is 6.92 Å². The van der Waals surface area contributed by atoms with Gasteiger partial charge in [-0.1, -0.05) is 18.7 Å². The molecule has 2 unspecified atom stereocenters. The number of hydrogen-bond donors (Lipinski definition) is 1. The Morgan fingerprint density at radius 1 is 1.53 bits per heavy atom. The third kappa shape index (κ3) is 1.74. The molecule has 100 valence electrons. The summed E-state index contributed by atoms with van der Waals surface area (Å²) in [6.45, 7) is 4.04. The Bertz CT molecular complexity index is 719. The van der Waals surface area contributed by atoms with Gasteiger partial charge in [0.1, 0.15) is 0 Å². The van der Waals surface area contributed by atoms with Crippen molar-refractivity contribution in [3.63, 3.8) is 0 Å². The molecule has 0 saturated carbocycles. The Morgan fingerprint density at radius 3 is 2.95 bits per heavy atom. The summed E-state index contributed by atoms with van der Waals surface area (Å²) in [6, 6.07) is 0.